The van der Waals surface area contributed by atoms with E-state index in [9.17, 15) is 8.42 Å². The molecule has 0 saturated carbocycles. The fourth-order valence-corrected chi connectivity index (χ4v) is 2.44. The molecule has 0 aliphatic carbocycles. The lowest BCUT2D eigenvalue weighted by Crippen LogP contribution is -2.00. The summed E-state index contributed by atoms with van der Waals surface area (Å²) < 4.78 is 31.7. The van der Waals surface area contributed by atoms with Gasteiger partial charge in [0.2, 0.25) is 0 Å². The molecule has 0 aliphatic heterocycles. The smallest absolute Gasteiger partial charge is 0.282 e. The predicted molar refractivity (Wildman–Crippen MR) is 66.7 cm³/mol. The van der Waals surface area contributed by atoms with Gasteiger partial charge < -0.3 is 0 Å². The standard InChI is InChI=1S/C12H9ClO3S/c13-10-6-7-12(17(14,15)16)11(8-10)9-4-2-1-3-5-9/h1-8H,(H,14,15,16). The van der Waals surface area contributed by atoms with Gasteiger partial charge in [-0.25, -0.2) is 0 Å². The van der Waals surface area contributed by atoms with E-state index >= 15 is 0 Å². The molecule has 0 radical (unpaired) electrons. The molecule has 0 bridgehead atoms. The highest BCUT2D eigenvalue weighted by atomic mass is 35.5. The van der Waals surface area contributed by atoms with E-state index in [1.165, 1.54) is 18.2 Å². The van der Waals surface area contributed by atoms with E-state index in [1.54, 1.807) is 24.3 Å². The van der Waals surface area contributed by atoms with Crippen LogP contribution in [0.4, 0.5) is 0 Å². The molecule has 2 aromatic rings. The Bertz CT molecular complexity index is 636. The van der Waals surface area contributed by atoms with Crippen LogP contribution >= 0.6 is 11.6 Å². The van der Waals surface area contributed by atoms with E-state index in [2.05, 4.69) is 0 Å². The van der Waals surface area contributed by atoms with Crippen LogP contribution in [-0.4, -0.2) is 13.0 Å². The SMILES string of the molecule is O=S(=O)(O)c1ccc(Cl)cc1-c1ccccc1. The van der Waals surface area contributed by atoms with Crippen LogP contribution in [0.2, 0.25) is 5.02 Å². The van der Waals surface area contributed by atoms with E-state index < -0.39 is 10.1 Å². The van der Waals surface area contributed by atoms with Gasteiger partial charge in [-0.3, -0.25) is 4.55 Å². The number of halogens is 1. The van der Waals surface area contributed by atoms with Crippen molar-refractivity contribution in [3.05, 3.63) is 53.6 Å². The Morgan fingerprint density at radius 1 is 1.00 bits per heavy atom. The highest BCUT2D eigenvalue weighted by molar-refractivity contribution is 7.86. The molecule has 0 saturated heterocycles. The first-order valence-electron chi connectivity index (χ1n) is 4.81. The lowest BCUT2D eigenvalue weighted by Gasteiger charge is -2.07. The topological polar surface area (TPSA) is 54.4 Å². The predicted octanol–water partition coefficient (Wildman–Crippen LogP) is 3.25. The Morgan fingerprint density at radius 3 is 2.24 bits per heavy atom. The van der Waals surface area contributed by atoms with Crippen LogP contribution in [-0.2, 0) is 10.1 Å². The van der Waals surface area contributed by atoms with Crippen molar-refractivity contribution in [3.8, 4) is 11.1 Å². The maximum Gasteiger partial charge on any atom is 0.295 e. The minimum absolute atomic E-state index is 0.145. The Labute approximate surface area is 104 Å². The Morgan fingerprint density at radius 2 is 1.65 bits per heavy atom. The van der Waals surface area contributed by atoms with E-state index in [0.717, 1.165) is 0 Å². The van der Waals surface area contributed by atoms with Gasteiger partial charge in [-0.15, -0.1) is 0 Å². The molecule has 0 unspecified atom stereocenters. The van der Waals surface area contributed by atoms with Gasteiger partial charge in [0.25, 0.3) is 10.1 Å². The van der Waals surface area contributed by atoms with Crippen molar-refractivity contribution >= 4 is 21.7 Å². The van der Waals surface area contributed by atoms with E-state index in [0.29, 0.717) is 16.1 Å². The van der Waals surface area contributed by atoms with Crippen LogP contribution in [0.25, 0.3) is 11.1 Å². The molecule has 17 heavy (non-hydrogen) atoms. The summed E-state index contributed by atoms with van der Waals surface area (Å²) >= 11 is 5.84. The maximum atomic E-state index is 11.3. The molecule has 5 heteroatoms. The van der Waals surface area contributed by atoms with Crippen molar-refractivity contribution in [3.63, 3.8) is 0 Å². The van der Waals surface area contributed by atoms with E-state index in [1.807, 2.05) is 6.07 Å². The summed E-state index contributed by atoms with van der Waals surface area (Å²) in [5.41, 5.74) is 1.07. The normalized spacial score (nSPS) is 11.4. The average Bonchev–Trinajstić information content (AvgIpc) is 2.28. The monoisotopic (exact) mass is 268 g/mol. The summed E-state index contributed by atoms with van der Waals surface area (Å²) in [6, 6.07) is 13.1. The van der Waals surface area contributed by atoms with Crippen LogP contribution < -0.4 is 0 Å². The third-order valence-corrected chi connectivity index (χ3v) is 3.45. The molecule has 0 fully saturated rings. The van der Waals surface area contributed by atoms with Crippen LogP contribution in [0.5, 0.6) is 0 Å². The Kier molecular flexibility index (Phi) is 3.19. The summed E-state index contributed by atoms with van der Waals surface area (Å²) in [5, 5.41) is 0.413. The van der Waals surface area contributed by atoms with Crippen LogP contribution in [0, 0.1) is 0 Å². The molecule has 2 aromatic carbocycles. The third-order valence-electron chi connectivity index (χ3n) is 2.30. The van der Waals surface area contributed by atoms with Gasteiger partial charge in [-0.05, 0) is 23.8 Å². The van der Waals surface area contributed by atoms with Gasteiger partial charge in [0.1, 0.15) is 4.90 Å². The Hall–Kier alpha value is -1.36. The van der Waals surface area contributed by atoms with Gasteiger partial charge >= 0.3 is 0 Å². The van der Waals surface area contributed by atoms with Crippen molar-refractivity contribution in [1.82, 2.24) is 0 Å². The first-order chi connectivity index (χ1) is 7.98. The molecule has 0 spiro atoms. The molecule has 3 nitrogen and oxygen atoms in total. The molecular weight excluding hydrogens is 260 g/mol. The number of hydrogen-bond acceptors (Lipinski definition) is 2. The second kappa shape index (κ2) is 4.49. The first-order valence-corrected chi connectivity index (χ1v) is 6.63. The fourth-order valence-electron chi connectivity index (χ4n) is 1.57. The number of benzene rings is 2. The molecule has 0 atom stereocenters. The van der Waals surface area contributed by atoms with Gasteiger partial charge in [0, 0.05) is 10.6 Å². The summed E-state index contributed by atoms with van der Waals surface area (Å²) in [7, 11) is -4.26. The lowest BCUT2D eigenvalue weighted by molar-refractivity contribution is 0.483. The van der Waals surface area contributed by atoms with Crippen molar-refractivity contribution in [2.24, 2.45) is 0 Å². The summed E-state index contributed by atoms with van der Waals surface area (Å²) in [6.45, 7) is 0. The third kappa shape index (κ3) is 2.66. The van der Waals surface area contributed by atoms with Crippen LogP contribution in [0.1, 0.15) is 0 Å². The Balaban J connectivity index is 2.72. The van der Waals surface area contributed by atoms with Crippen molar-refractivity contribution in [2.45, 2.75) is 4.90 Å². The molecule has 88 valence electrons. The first kappa shape index (κ1) is 12.1. The van der Waals surface area contributed by atoms with Gasteiger partial charge in [0.15, 0.2) is 0 Å². The summed E-state index contributed by atoms with van der Waals surface area (Å²) in [6.07, 6.45) is 0. The lowest BCUT2D eigenvalue weighted by atomic mass is 10.1. The highest BCUT2D eigenvalue weighted by Crippen LogP contribution is 2.29. The fraction of sp³-hybridized carbons (Fsp3) is 0. The summed E-state index contributed by atoms with van der Waals surface area (Å²) in [5.74, 6) is 0. The van der Waals surface area contributed by atoms with Crippen LogP contribution in [0.3, 0.4) is 0 Å². The number of rotatable bonds is 2. The molecular formula is C12H9ClO3S. The molecule has 0 aromatic heterocycles. The molecule has 0 aliphatic rings. The van der Waals surface area contributed by atoms with Crippen LogP contribution in [0.15, 0.2) is 53.4 Å². The van der Waals surface area contributed by atoms with E-state index in [4.69, 9.17) is 16.2 Å². The van der Waals surface area contributed by atoms with Crippen molar-refractivity contribution < 1.29 is 13.0 Å². The molecule has 1 N–H and O–H groups in total. The zero-order chi connectivity index (χ0) is 12.5. The number of hydrogen-bond donors (Lipinski definition) is 1. The second-order valence-electron chi connectivity index (χ2n) is 3.48. The van der Waals surface area contributed by atoms with Gasteiger partial charge in [-0.2, -0.15) is 8.42 Å². The van der Waals surface area contributed by atoms with Crippen molar-refractivity contribution in [2.75, 3.05) is 0 Å². The highest BCUT2D eigenvalue weighted by Gasteiger charge is 2.16. The second-order valence-corrected chi connectivity index (χ2v) is 5.31. The maximum absolute atomic E-state index is 11.3. The average molecular weight is 269 g/mol. The minimum Gasteiger partial charge on any atom is -0.282 e. The van der Waals surface area contributed by atoms with Gasteiger partial charge in [-0.1, -0.05) is 41.9 Å². The minimum atomic E-state index is -4.26. The summed E-state index contributed by atoms with van der Waals surface area (Å²) in [4.78, 5) is -0.145. The zero-order valence-electron chi connectivity index (χ0n) is 8.67. The van der Waals surface area contributed by atoms with E-state index in [-0.39, 0.29) is 4.90 Å². The van der Waals surface area contributed by atoms with Crippen molar-refractivity contribution in [1.29, 1.82) is 0 Å². The molecule has 2 rings (SSSR count). The largest absolute Gasteiger partial charge is 0.295 e. The van der Waals surface area contributed by atoms with Gasteiger partial charge in [0.05, 0.1) is 0 Å². The quantitative estimate of drug-likeness (QED) is 0.851. The molecule has 0 heterocycles. The molecule has 0 amide bonds. The zero-order valence-corrected chi connectivity index (χ0v) is 10.2.